The minimum absolute atomic E-state index is 0.342. The second kappa shape index (κ2) is 6.61. The number of nitrogen functional groups attached to an aromatic ring is 1. The van der Waals surface area contributed by atoms with Crippen molar-refractivity contribution in [2.45, 2.75) is 30.9 Å². The molecule has 1 aliphatic carbocycles. The minimum Gasteiger partial charge on any atom is -0.465 e. The Morgan fingerprint density at radius 3 is 2.46 bits per heavy atom. The molecule has 6 nitrogen and oxygen atoms in total. The molecule has 0 atom stereocenters. The molecule has 0 bridgehead atoms. The van der Waals surface area contributed by atoms with Crippen LogP contribution in [0.1, 0.15) is 25.3 Å². The lowest BCUT2D eigenvalue weighted by molar-refractivity contribution is -0.0858. The van der Waals surface area contributed by atoms with Gasteiger partial charge in [-0.05, 0) is 52.1 Å². The first-order valence-electron chi connectivity index (χ1n) is 8.91. The number of aliphatic hydroxyl groups is 1. The number of hydrogen-bond donors (Lipinski definition) is 4. The molecule has 5 N–H and O–H groups in total. The first kappa shape index (κ1) is 18.5. The largest absolute Gasteiger partial charge is 0.465 e. The zero-order valence-corrected chi connectivity index (χ0v) is 16.2. The zero-order chi connectivity index (χ0) is 19.9. The molecular weight excluding hydrogens is 374 g/mol. The van der Waals surface area contributed by atoms with Gasteiger partial charge in [0.15, 0.2) is 0 Å². The van der Waals surface area contributed by atoms with Gasteiger partial charge in [-0.2, -0.15) is 11.3 Å². The Hall–Kier alpha value is -2.90. The summed E-state index contributed by atoms with van der Waals surface area (Å²) >= 11 is 1.62. The number of nitrogens with zero attached hydrogens (tertiary/aromatic N) is 1. The Morgan fingerprint density at radius 1 is 1.18 bits per heavy atom. The van der Waals surface area contributed by atoms with E-state index in [-0.39, 0.29) is 0 Å². The van der Waals surface area contributed by atoms with Crippen LogP contribution in [0.5, 0.6) is 0 Å². The molecule has 1 saturated carbocycles. The summed E-state index contributed by atoms with van der Waals surface area (Å²) in [5.74, 6) is 0.461. The third-order valence-electron chi connectivity index (χ3n) is 5.22. The van der Waals surface area contributed by atoms with Crippen LogP contribution in [-0.2, 0) is 5.54 Å². The maximum Gasteiger partial charge on any atom is 0.405 e. The van der Waals surface area contributed by atoms with Crippen molar-refractivity contribution >= 4 is 23.2 Å². The summed E-state index contributed by atoms with van der Waals surface area (Å²) < 4.78 is 0. The van der Waals surface area contributed by atoms with Crippen molar-refractivity contribution in [1.29, 1.82) is 0 Å². The average Bonchev–Trinajstić information content (AvgIpc) is 3.14. The van der Waals surface area contributed by atoms with E-state index in [0.717, 1.165) is 27.8 Å². The highest BCUT2D eigenvalue weighted by atomic mass is 32.1. The van der Waals surface area contributed by atoms with Crippen LogP contribution in [0.15, 0.2) is 53.4 Å². The molecule has 1 amide bonds. The summed E-state index contributed by atoms with van der Waals surface area (Å²) in [5.41, 5.74) is 9.12. The Balaban J connectivity index is 1.71. The van der Waals surface area contributed by atoms with Crippen molar-refractivity contribution in [3.63, 3.8) is 0 Å². The van der Waals surface area contributed by atoms with Crippen molar-refractivity contribution in [1.82, 2.24) is 10.3 Å². The fraction of sp³-hybridized carbons (Fsp3) is 0.238. The lowest BCUT2D eigenvalue weighted by Gasteiger charge is -2.51. The molecule has 0 aliphatic heterocycles. The highest BCUT2D eigenvalue weighted by molar-refractivity contribution is 7.08. The summed E-state index contributed by atoms with van der Waals surface area (Å²) in [5, 5.41) is 26.1. The molecule has 0 saturated heterocycles. The molecule has 0 radical (unpaired) electrons. The van der Waals surface area contributed by atoms with Gasteiger partial charge >= 0.3 is 6.09 Å². The molecule has 4 rings (SSSR count). The van der Waals surface area contributed by atoms with Crippen LogP contribution in [0.4, 0.5) is 10.6 Å². The summed E-state index contributed by atoms with van der Waals surface area (Å²) in [6.45, 7) is 1.72. The number of hydrogen-bond acceptors (Lipinski definition) is 5. The van der Waals surface area contributed by atoms with E-state index in [9.17, 15) is 15.0 Å². The van der Waals surface area contributed by atoms with E-state index in [1.165, 1.54) is 0 Å². The number of nitrogens with two attached hydrogens (primary N) is 1. The number of rotatable bonds is 4. The molecule has 1 aliphatic rings. The van der Waals surface area contributed by atoms with Crippen molar-refractivity contribution < 1.29 is 15.0 Å². The smallest absolute Gasteiger partial charge is 0.405 e. The van der Waals surface area contributed by atoms with Gasteiger partial charge in [0.1, 0.15) is 5.82 Å². The number of pyridine rings is 1. The Labute approximate surface area is 166 Å². The van der Waals surface area contributed by atoms with Crippen molar-refractivity contribution in [2.75, 3.05) is 5.73 Å². The standard InChI is InChI=1S/C21H21N3O3S/c1-20(27)11-21(12-20,24-19(25)26)15-4-2-13(3-5-15)17-9-23-18(22)8-16(17)14-6-7-28-10-14/h2-10,24,27H,11-12H2,1H3,(H2,22,23)(H,25,26). The van der Waals surface area contributed by atoms with Crippen molar-refractivity contribution in [2.24, 2.45) is 0 Å². The maximum absolute atomic E-state index is 11.3. The molecule has 0 spiro atoms. The SMILES string of the molecule is CC1(O)CC(NC(=O)O)(c2ccc(-c3cnc(N)cc3-c3ccsc3)cc2)C1. The van der Waals surface area contributed by atoms with Crippen molar-refractivity contribution in [3.8, 4) is 22.3 Å². The van der Waals surface area contributed by atoms with E-state index in [1.54, 1.807) is 24.5 Å². The molecule has 1 fully saturated rings. The minimum atomic E-state index is -1.10. The monoisotopic (exact) mass is 395 g/mol. The number of carboxylic acid groups (broad SMARTS) is 1. The van der Waals surface area contributed by atoms with Gasteiger partial charge in [0.2, 0.25) is 0 Å². The lowest BCUT2D eigenvalue weighted by atomic mass is 9.62. The Morgan fingerprint density at radius 2 is 1.89 bits per heavy atom. The van der Waals surface area contributed by atoms with Gasteiger partial charge in [-0.25, -0.2) is 9.78 Å². The van der Waals surface area contributed by atoms with E-state index in [2.05, 4.69) is 15.7 Å². The molecule has 3 aromatic rings. The molecule has 7 heteroatoms. The first-order valence-corrected chi connectivity index (χ1v) is 9.85. The second-order valence-corrected chi connectivity index (χ2v) is 8.39. The molecule has 144 valence electrons. The highest BCUT2D eigenvalue weighted by Gasteiger charge is 2.53. The van der Waals surface area contributed by atoms with E-state index in [4.69, 9.17) is 5.73 Å². The van der Waals surface area contributed by atoms with Gasteiger partial charge in [0.05, 0.1) is 11.1 Å². The van der Waals surface area contributed by atoms with Gasteiger partial charge in [-0.15, -0.1) is 0 Å². The number of amides is 1. The summed E-state index contributed by atoms with van der Waals surface area (Å²) in [7, 11) is 0. The number of benzene rings is 1. The van der Waals surface area contributed by atoms with E-state index >= 15 is 0 Å². The first-order chi connectivity index (χ1) is 13.3. The molecule has 2 aromatic heterocycles. The Bertz CT molecular complexity index is 1010. The van der Waals surface area contributed by atoms with Gasteiger partial charge in [-0.3, -0.25) is 0 Å². The molecule has 28 heavy (non-hydrogen) atoms. The predicted octanol–water partition coefficient (Wildman–Crippen LogP) is 4.07. The van der Waals surface area contributed by atoms with Crippen LogP contribution in [0.25, 0.3) is 22.3 Å². The summed E-state index contributed by atoms with van der Waals surface area (Å²) in [6.07, 6.45) is 1.35. The zero-order valence-electron chi connectivity index (χ0n) is 15.3. The number of nitrogens with one attached hydrogen (secondary N) is 1. The van der Waals surface area contributed by atoms with Crippen molar-refractivity contribution in [3.05, 3.63) is 58.9 Å². The van der Waals surface area contributed by atoms with Gasteiger partial charge in [-0.1, -0.05) is 24.3 Å². The predicted molar refractivity (Wildman–Crippen MR) is 110 cm³/mol. The quantitative estimate of drug-likeness (QED) is 0.533. The maximum atomic E-state index is 11.3. The van der Waals surface area contributed by atoms with Crippen LogP contribution < -0.4 is 11.1 Å². The fourth-order valence-corrected chi connectivity index (χ4v) is 4.80. The van der Waals surface area contributed by atoms with Gasteiger partial charge in [0, 0.05) is 24.6 Å². The fourth-order valence-electron chi connectivity index (χ4n) is 4.14. The Kier molecular flexibility index (Phi) is 4.36. The number of anilines is 1. The second-order valence-electron chi connectivity index (χ2n) is 7.61. The molecule has 1 aromatic carbocycles. The number of thiophene rings is 1. The molecule has 2 heterocycles. The van der Waals surface area contributed by atoms with Gasteiger partial charge < -0.3 is 21.3 Å². The topological polar surface area (TPSA) is 108 Å². The lowest BCUT2D eigenvalue weighted by Crippen LogP contribution is -2.61. The van der Waals surface area contributed by atoms with Crippen LogP contribution in [-0.4, -0.2) is 26.9 Å². The highest BCUT2D eigenvalue weighted by Crippen LogP contribution is 2.48. The third-order valence-corrected chi connectivity index (χ3v) is 5.90. The van der Waals surface area contributed by atoms with E-state index < -0.39 is 17.2 Å². The summed E-state index contributed by atoms with van der Waals surface area (Å²) in [6, 6.07) is 11.6. The molecule has 0 unspecified atom stereocenters. The third kappa shape index (κ3) is 3.34. The van der Waals surface area contributed by atoms with Crippen LogP contribution in [0.2, 0.25) is 0 Å². The average molecular weight is 395 g/mol. The van der Waals surface area contributed by atoms with Crippen LogP contribution >= 0.6 is 11.3 Å². The number of aromatic nitrogens is 1. The normalized spacial score (nSPS) is 23.8. The van der Waals surface area contributed by atoms with Crippen LogP contribution in [0.3, 0.4) is 0 Å². The number of carbonyl (C=O) groups is 1. The molecular formula is C21H21N3O3S. The van der Waals surface area contributed by atoms with Crippen LogP contribution in [0, 0.1) is 0 Å². The van der Waals surface area contributed by atoms with E-state index in [1.807, 2.05) is 41.8 Å². The van der Waals surface area contributed by atoms with E-state index in [0.29, 0.717) is 18.7 Å². The summed E-state index contributed by atoms with van der Waals surface area (Å²) in [4.78, 5) is 15.5. The van der Waals surface area contributed by atoms with Gasteiger partial charge in [0.25, 0.3) is 0 Å².